The molecule has 2 aromatic carbocycles. The maximum Gasteiger partial charge on any atom is 0.0705 e. The molecule has 1 aliphatic heterocycles. The molecule has 0 radical (unpaired) electrons. The third-order valence-corrected chi connectivity index (χ3v) is 5.06. The molecule has 0 aliphatic carbocycles. The molecule has 1 N–H and O–H groups in total. The second kappa shape index (κ2) is 5.40. The Morgan fingerprint density at radius 2 is 2.05 bits per heavy atom. The van der Waals surface area contributed by atoms with E-state index < -0.39 is 0 Å². The topological polar surface area (TPSA) is 20.2 Å². The summed E-state index contributed by atoms with van der Waals surface area (Å²) >= 11 is 1.82. The molecule has 2 unspecified atom stereocenters. The number of hydrogen-bond acceptors (Lipinski definition) is 2. The molecule has 1 heterocycles. The van der Waals surface area contributed by atoms with Crippen molar-refractivity contribution in [2.75, 3.05) is 0 Å². The van der Waals surface area contributed by atoms with Crippen LogP contribution >= 0.6 is 11.8 Å². The first-order valence-corrected chi connectivity index (χ1v) is 7.58. The van der Waals surface area contributed by atoms with E-state index in [2.05, 4.69) is 55.5 Å². The Bertz CT molecular complexity index is 554. The molecule has 98 valence electrons. The van der Waals surface area contributed by atoms with Crippen LogP contribution in [0.15, 0.2) is 53.4 Å². The van der Waals surface area contributed by atoms with Gasteiger partial charge in [0.2, 0.25) is 0 Å². The fourth-order valence-electron chi connectivity index (χ4n) is 2.64. The summed E-state index contributed by atoms with van der Waals surface area (Å²) in [6.45, 7) is 2.09. The van der Waals surface area contributed by atoms with Crippen LogP contribution in [0.4, 0.5) is 0 Å². The maximum atomic E-state index is 10.4. The minimum atomic E-state index is -0.279. The molecule has 2 atom stereocenters. The Labute approximate surface area is 118 Å². The van der Waals surface area contributed by atoms with E-state index in [0.29, 0.717) is 0 Å². The first-order chi connectivity index (χ1) is 9.22. The molecule has 2 aromatic rings. The van der Waals surface area contributed by atoms with Gasteiger partial charge in [-0.2, -0.15) is 0 Å². The van der Waals surface area contributed by atoms with Crippen molar-refractivity contribution in [1.29, 1.82) is 0 Å². The molecule has 0 saturated heterocycles. The van der Waals surface area contributed by atoms with Crippen molar-refractivity contribution in [1.82, 2.24) is 0 Å². The lowest BCUT2D eigenvalue weighted by atomic mass is 10.0. The molecule has 0 spiro atoms. The van der Waals surface area contributed by atoms with Crippen molar-refractivity contribution in [3.05, 3.63) is 65.2 Å². The van der Waals surface area contributed by atoms with Gasteiger partial charge in [0.15, 0.2) is 0 Å². The highest BCUT2D eigenvalue weighted by Gasteiger charge is 2.28. The zero-order chi connectivity index (χ0) is 13.2. The van der Waals surface area contributed by atoms with E-state index in [9.17, 15) is 5.11 Å². The molecule has 0 amide bonds. The van der Waals surface area contributed by atoms with Crippen LogP contribution in [-0.4, -0.2) is 16.5 Å². The average molecular weight is 270 g/mol. The van der Waals surface area contributed by atoms with Crippen molar-refractivity contribution < 1.29 is 5.11 Å². The molecule has 19 heavy (non-hydrogen) atoms. The van der Waals surface area contributed by atoms with Gasteiger partial charge in [0.1, 0.15) is 0 Å². The average Bonchev–Trinajstić information content (AvgIpc) is 2.82. The molecule has 1 nitrogen and oxygen atoms in total. The zero-order valence-electron chi connectivity index (χ0n) is 11.0. The summed E-state index contributed by atoms with van der Waals surface area (Å²) in [6, 6.07) is 16.9. The number of thioether (sulfide) groups is 1. The number of rotatable bonds is 3. The highest BCUT2D eigenvalue weighted by atomic mass is 32.2. The van der Waals surface area contributed by atoms with Crippen molar-refractivity contribution in [2.45, 2.75) is 36.0 Å². The lowest BCUT2D eigenvalue weighted by Gasteiger charge is -2.17. The molecule has 0 bridgehead atoms. The number of hydrogen-bond donors (Lipinski definition) is 1. The molecule has 2 heteroatoms. The highest BCUT2D eigenvalue weighted by Crippen LogP contribution is 2.38. The first kappa shape index (κ1) is 12.8. The van der Waals surface area contributed by atoms with Crippen LogP contribution in [-0.2, 0) is 12.8 Å². The van der Waals surface area contributed by atoms with Crippen LogP contribution in [0.5, 0.6) is 0 Å². The van der Waals surface area contributed by atoms with Gasteiger partial charge in [-0.3, -0.25) is 0 Å². The summed E-state index contributed by atoms with van der Waals surface area (Å²) in [5, 5.41) is 10.7. The number of benzene rings is 2. The van der Waals surface area contributed by atoms with E-state index in [1.54, 1.807) is 0 Å². The standard InChI is InChI=1S/C17H18OS/c1-12-5-4-6-13(9-12)10-15(18)17-11-14-7-2-3-8-16(14)19-17/h2-9,15,17-18H,10-11H2,1H3. The van der Waals surface area contributed by atoms with Crippen molar-refractivity contribution in [3.8, 4) is 0 Å². The van der Waals surface area contributed by atoms with Crippen LogP contribution in [0.1, 0.15) is 16.7 Å². The Hall–Kier alpha value is -1.25. The summed E-state index contributed by atoms with van der Waals surface area (Å²) < 4.78 is 0. The Kier molecular flexibility index (Phi) is 3.63. The largest absolute Gasteiger partial charge is 0.392 e. The van der Waals surface area contributed by atoms with Gasteiger partial charge in [-0.25, -0.2) is 0 Å². The van der Waals surface area contributed by atoms with E-state index in [1.807, 2.05) is 11.8 Å². The number of aryl methyl sites for hydroxylation is 1. The highest BCUT2D eigenvalue weighted by molar-refractivity contribution is 8.00. The Morgan fingerprint density at radius 1 is 1.21 bits per heavy atom. The minimum Gasteiger partial charge on any atom is -0.392 e. The third-order valence-electron chi connectivity index (χ3n) is 3.63. The van der Waals surface area contributed by atoms with Crippen LogP contribution in [0, 0.1) is 6.92 Å². The van der Waals surface area contributed by atoms with E-state index in [0.717, 1.165) is 12.8 Å². The van der Waals surface area contributed by atoms with Crippen molar-refractivity contribution >= 4 is 11.8 Å². The molecule has 0 saturated carbocycles. The summed E-state index contributed by atoms with van der Waals surface area (Å²) in [6.07, 6.45) is 1.44. The number of aliphatic hydroxyl groups excluding tert-OH is 1. The van der Waals surface area contributed by atoms with E-state index in [4.69, 9.17) is 0 Å². The summed E-state index contributed by atoms with van der Waals surface area (Å²) in [5.41, 5.74) is 3.86. The first-order valence-electron chi connectivity index (χ1n) is 6.70. The Morgan fingerprint density at radius 3 is 2.84 bits per heavy atom. The molecular formula is C17H18OS. The predicted octanol–water partition coefficient (Wildman–Crippen LogP) is 3.62. The van der Waals surface area contributed by atoms with Crippen molar-refractivity contribution in [3.63, 3.8) is 0 Å². The SMILES string of the molecule is Cc1cccc(CC(O)C2Cc3ccccc3S2)c1. The fraction of sp³-hybridized carbons (Fsp3) is 0.294. The smallest absolute Gasteiger partial charge is 0.0705 e. The lowest BCUT2D eigenvalue weighted by Crippen LogP contribution is -2.24. The van der Waals surface area contributed by atoms with Gasteiger partial charge < -0.3 is 5.11 Å². The quantitative estimate of drug-likeness (QED) is 0.919. The van der Waals surface area contributed by atoms with Gasteiger partial charge in [-0.05, 0) is 37.0 Å². The second-order valence-electron chi connectivity index (χ2n) is 5.23. The Balaban J connectivity index is 1.68. The minimum absolute atomic E-state index is 0.279. The van der Waals surface area contributed by atoms with Gasteiger partial charge in [0.25, 0.3) is 0 Å². The number of aliphatic hydroxyl groups is 1. The van der Waals surface area contributed by atoms with Crippen LogP contribution in [0.25, 0.3) is 0 Å². The summed E-state index contributed by atoms with van der Waals surface area (Å²) in [4.78, 5) is 1.33. The summed E-state index contributed by atoms with van der Waals surface area (Å²) in [5.74, 6) is 0. The van der Waals surface area contributed by atoms with Gasteiger partial charge in [-0.1, -0.05) is 48.0 Å². The normalized spacial score (nSPS) is 19.2. The van der Waals surface area contributed by atoms with Gasteiger partial charge >= 0.3 is 0 Å². The van der Waals surface area contributed by atoms with Crippen molar-refractivity contribution in [2.24, 2.45) is 0 Å². The van der Waals surface area contributed by atoms with Gasteiger partial charge in [0, 0.05) is 10.1 Å². The molecule has 0 fully saturated rings. The summed E-state index contributed by atoms with van der Waals surface area (Å²) in [7, 11) is 0. The van der Waals surface area contributed by atoms with E-state index >= 15 is 0 Å². The lowest BCUT2D eigenvalue weighted by molar-refractivity contribution is 0.172. The van der Waals surface area contributed by atoms with Crippen LogP contribution < -0.4 is 0 Å². The second-order valence-corrected chi connectivity index (χ2v) is 6.51. The zero-order valence-corrected chi connectivity index (χ0v) is 11.9. The number of fused-ring (bicyclic) bond motifs is 1. The third kappa shape index (κ3) is 2.85. The molecule has 3 rings (SSSR count). The van der Waals surface area contributed by atoms with E-state index in [-0.39, 0.29) is 11.4 Å². The van der Waals surface area contributed by atoms with Crippen LogP contribution in [0.2, 0.25) is 0 Å². The van der Waals surface area contributed by atoms with Gasteiger partial charge in [0.05, 0.1) is 6.10 Å². The monoisotopic (exact) mass is 270 g/mol. The predicted molar refractivity (Wildman–Crippen MR) is 80.7 cm³/mol. The van der Waals surface area contributed by atoms with Crippen LogP contribution in [0.3, 0.4) is 0 Å². The molecular weight excluding hydrogens is 252 g/mol. The van der Waals surface area contributed by atoms with E-state index in [1.165, 1.54) is 21.6 Å². The van der Waals surface area contributed by atoms with Gasteiger partial charge in [-0.15, -0.1) is 11.8 Å². The molecule has 0 aromatic heterocycles. The molecule has 1 aliphatic rings. The fourth-order valence-corrected chi connectivity index (χ4v) is 3.94. The maximum absolute atomic E-state index is 10.4.